The molecular formula is C20H23N3O4S2. The number of nitrogens with zero attached hydrogens (tertiary/aromatic N) is 1. The molecule has 0 saturated heterocycles. The molecule has 3 amide bonds. The number of fused-ring (bicyclic) bond motifs is 1. The Labute approximate surface area is 177 Å². The Morgan fingerprint density at radius 1 is 1.28 bits per heavy atom. The quantitative estimate of drug-likeness (QED) is 0.704. The van der Waals surface area contributed by atoms with Crippen LogP contribution >= 0.6 is 23.1 Å². The number of methoxy groups -OCH3 is 1. The van der Waals surface area contributed by atoms with Gasteiger partial charge in [-0.2, -0.15) is 0 Å². The molecule has 0 radical (unpaired) electrons. The number of anilines is 1. The zero-order chi connectivity index (χ0) is 21.0. The number of nitrogens with one attached hydrogen (secondary N) is 2. The fraction of sp³-hybridized carbons (Fsp3) is 0.350. The van der Waals surface area contributed by atoms with Crippen LogP contribution in [-0.2, 0) is 17.7 Å². The fourth-order valence-corrected chi connectivity index (χ4v) is 5.18. The highest BCUT2D eigenvalue weighted by Crippen LogP contribution is 2.37. The van der Waals surface area contributed by atoms with Crippen LogP contribution in [-0.4, -0.2) is 49.3 Å². The first-order valence-corrected chi connectivity index (χ1v) is 11.0. The van der Waals surface area contributed by atoms with Crippen molar-refractivity contribution in [3.05, 3.63) is 45.8 Å². The summed E-state index contributed by atoms with van der Waals surface area (Å²) in [5.74, 6) is 0.400. The second kappa shape index (κ2) is 9.32. The Kier molecular flexibility index (Phi) is 6.81. The van der Waals surface area contributed by atoms with Crippen molar-refractivity contribution in [2.75, 3.05) is 31.8 Å². The van der Waals surface area contributed by atoms with E-state index < -0.39 is 6.09 Å². The Bertz CT molecular complexity index is 942. The average Bonchev–Trinajstić information content (AvgIpc) is 3.09. The van der Waals surface area contributed by atoms with Crippen LogP contribution in [0.15, 0.2) is 29.2 Å². The molecule has 1 aromatic carbocycles. The maximum atomic E-state index is 12.8. The molecular weight excluding hydrogens is 410 g/mol. The lowest BCUT2D eigenvalue weighted by molar-refractivity contribution is 0.0962. The van der Waals surface area contributed by atoms with Gasteiger partial charge in [0, 0.05) is 28.9 Å². The summed E-state index contributed by atoms with van der Waals surface area (Å²) in [6.07, 6.45) is 0.128. The largest absolute Gasteiger partial charge is 0.453 e. The number of hydrogen-bond donors (Lipinski definition) is 2. The highest BCUT2D eigenvalue weighted by Gasteiger charge is 2.30. The minimum atomic E-state index is -0.402. The van der Waals surface area contributed by atoms with Gasteiger partial charge in [-0.25, -0.2) is 4.79 Å². The van der Waals surface area contributed by atoms with E-state index in [9.17, 15) is 14.4 Å². The van der Waals surface area contributed by atoms with Crippen LogP contribution in [0, 0.1) is 0 Å². The monoisotopic (exact) mass is 433 g/mol. The zero-order valence-electron chi connectivity index (χ0n) is 16.5. The second-order valence-corrected chi connectivity index (χ2v) is 8.79. The molecule has 0 unspecified atom stereocenters. The molecule has 0 atom stereocenters. The third-order valence-corrected chi connectivity index (χ3v) is 6.59. The smallest absolute Gasteiger partial charge is 0.409 e. The highest BCUT2D eigenvalue weighted by molar-refractivity contribution is 7.99. The first-order chi connectivity index (χ1) is 14.0. The predicted octanol–water partition coefficient (Wildman–Crippen LogP) is 3.60. The van der Waals surface area contributed by atoms with Crippen molar-refractivity contribution >= 4 is 46.0 Å². The maximum Gasteiger partial charge on any atom is 0.409 e. The predicted molar refractivity (Wildman–Crippen MR) is 115 cm³/mol. The molecule has 2 aromatic rings. The average molecular weight is 434 g/mol. The molecule has 1 aliphatic heterocycles. The number of ether oxygens (including phenoxy) is 1. The molecule has 3 rings (SSSR count). The number of hydrogen-bond acceptors (Lipinski definition) is 6. The third kappa shape index (κ3) is 4.56. The van der Waals surface area contributed by atoms with Gasteiger partial charge in [-0.1, -0.05) is 13.0 Å². The van der Waals surface area contributed by atoms with Gasteiger partial charge in [0.15, 0.2) is 0 Å². The van der Waals surface area contributed by atoms with Gasteiger partial charge in [-0.05, 0) is 35.9 Å². The Morgan fingerprint density at radius 3 is 2.76 bits per heavy atom. The minimum Gasteiger partial charge on any atom is -0.453 e. The molecule has 1 aliphatic rings. The maximum absolute atomic E-state index is 12.8. The lowest BCUT2D eigenvalue weighted by atomic mass is 10.0. The number of benzene rings is 1. The normalized spacial score (nSPS) is 12.9. The molecule has 2 N–H and O–H groups in total. The number of thioether (sulfide) groups is 1. The standard InChI is InChI=1S/C20H23N3O4S2/c1-4-28-13-7-5-6-12(10-13)17(24)22-19-16(18(25)21-2)14-8-9-23(20(26)27-3)11-15(14)29-19/h5-7,10H,4,8-9,11H2,1-3H3,(H,21,25)(H,22,24). The fourth-order valence-electron chi connectivity index (χ4n) is 3.21. The summed E-state index contributed by atoms with van der Waals surface area (Å²) >= 11 is 2.99. The van der Waals surface area contributed by atoms with E-state index in [1.807, 2.05) is 18.2 Å². The lowest BCUT2D eigenvalue weighted by Crippen LogP contribution is -2.35. The molecule has 0 fully saturated rings. The molecule has 0 aliphatic carbocycles. The van der Waals surface area contributed by atoms with Crippen LogP contribution < -0.4 is 10.6 Å². The van der Waals surface area contributed by atoms with E-state index in [2.05, 4.69) is 17.6 Å². The van der Waals surface area contributed by atoms with Crippen molar-refractivity contribution in [2.24, 2.45) is 0 Å². The molecule has 0 spiro atoms. The van der Waals surface area contributed by atoms with E-state index >= 15 is 0 Å². The molecule has 0 bridgehead atoms. The van der Waals surface area contributed by atoms with Crippen LogP contribution in [0.1, 0.15) is 38.1 Å². The van der Waals surface area contributed by atoms with Crippen molar-refractivity contribution in [3.8, 4) is 0 Å². The summed E-state index contributed by atoms with van der Waals surface area (Å²) in [5.41, 5.74) is 1.89. The van der Waals surface area contributed by atoms with Crippen LogP contribution in [0.3, 0.4) is 0 Å². The summed E-state index contributed by atoms with van der Waals surface area (Å²) < 4.78 is 4.80. The van der Waals surface area contributed by atoms with E-state index in [4.69, 9.17) is 4.74 Å². The summed E-state index contributed by atoms with van der Waals surface area (Å²) in [6, 6.07) is 7.41. The number of thiophene rings is 1. The molecule has 7 nitrogen and oxygen atoms in total. The second-order valence-electron chi connectivity index (χ2n) is 6.34. The summed E-state index contributed by atoms with van der Waals surface area (Å²) in [4.78, 5) is 40.7. The summed E-state index contributed by atoms with van der Waals surface area (Å²) in [6.45, 7) is 2.88. The Morgan fingerprint density at radius 2 is 2.07 bits per heavy atom. The van der Waals surface area contributed by atoms with Gasteiger partial charge in [0.05, 0.1) is 19.2 Å². The van der Waals surface area contributed by atoms with E-state index in [-0.39, 0.29) is 11.8 Å². The van der Waals surface area contributed by atoms with Crippen molar-refractivity contribution in [1.29, 1.82) is 0 Å². The Balaban J connectivity index is 1.90. The van der Waals surface area contributed by atoms with Gasteiger partial charge in [0.2, 0.25) is 0 Å². The molecule has 29 heavy (non-hydrogen) atoms. The molecule has 0 saturated carbocycles. The SMILES string of the molecule is CCSc1cccc(C(=O)Nc2sc3c(c2C(=O)NC)CCN(C(=O)OC)C3)c1. The lowest BCUT2D eigenvalue weighted by Gasteiger charge is -2.25. The Hall–Kier alpha value is -2.52. The van der Waals surface area contributed by atoms with Crippen molar-refractivity contribution in [2.45, 2.75) is 24.8 Å². The third-order valence-electron chi connectivity index (χ3n) is 4.58. The van der Waals surface area contributed by atoms with Crippen molar-refractivity contribution in [1.82, 2.24) is 10.2 Å². The molecule has 1 aromatic heterocycles. The summed E-state index contributed by atoms with van der Waals surface area (Å²) in [5, 5.41) is 6.05. The zero-order valence-corrected chi connectivity index (χ0v) is 18.2. The van der Waals surface area contributed by atoms with Gasteiger partial charge in [-0.15, -0.1) is 23.1 Å². The van der Waals surface area contributed by atoms with Crippen LogP contribution in [0.2, 0.25) is 0 Å². The van der Waals surface area contributed by atoms with Gasteiger partial charge in [-0.3, -0.25) is 9.59 Å². The van der Waals surface area contributed by atoms with E-state index in [1.165, 1.54) is 18.4 Å². The van der Waals surface area contributed by atoms with E-state index in [0.29, 0.717) is 35.6 Å². The van der Waals surface area contributed by atoms with Gasteiger partial charge >= 0.3 is 6.09 Å². The number of rotatable bonds is 5. The van der Waals surface area contributed by atoms with Crippen molar-refractivity contribution < 1.29 is 19.1 Å². The molecule has 154 valence electrons. The van der Waals surface area contributed by atoms with Gasteiger partial charge in [0.25, 0.3) is 11.8 Å². The highest BCUT2D eigenvalue weighted by atomic mass is 32.2. The number of carbonyl (C=O) groups excluding carboxylic acids is 3. The first kappa shape index (κ1) is 21.2. The minimum absolute atomic E-state index is 0.250. The van der Waals surface area contributed by atoms with E-state index in [1.54, 1.807) is 29.8 Å². The first-order valence-electron chi connectivity index (χ1n) is 9.22. The van der Waals surface area contributed by atoms with Gasteiger partial charge in [0.1, 0.15) is 5.00 Å². The van der Waals surface area contributed by atoms with E-state index in [0.717, 1.165) is 21.1 Å². The molecule has 9 heteroatoms. The molecule has 2 heterocycles. The summed E-state index contributed by atoms with van der Waals surface area (Å²) in [7, 11) is 2.91. The van der Waals surface area contributed by atoms with Crippen LogP contribution in [0.4, 0.5) is 9.80 Å². The topological polar surface area (TPSA) is 87.7 Å². The number of amides is 3. The van der Waals surface area contributed by atoms with Gasteiger partial charge < -0.3 is 20.3 Å². The number of carbonyl (C=O) groups is 3. The van der Waals surface area contributed by atoms with Crippen LogP contribution in [0.5, 0.6) is 0 Å². The van der Waals surface area contributed by atoms with Crippen molar-refractivity contribution in [3.63, 3.8) is 0 Å². The van der Waals surface area contributed by atoms with Crippen LogP contribution in [0.25, 0.3) is 0 Å².